The Hall–Kier alpha value is -2.44. The molecule has 2 aromatic carbocycles. The van der Waals surface area contributed by atoms with Crippen molar-refractivity contribution < 1.29 is 19.1 Å². The van der Waals surface area contributed by atoms with Crippen molar-refractivity contribution in [1.82, 2.24) is 0 Å². The third-order valence-corrected chi connectivity index (χ3v) is 5.91. The summed E-state index contributed by atoms with van der Waals surface area (Å²) in [5, 5.41) is 5.56. The van der Waals surface area contributed by atoms with Crippen molar-refractivity contribution >= 4 is 46.4 Å². The smallest absolute Gasteiger partial charge is 0.257 e. The summed E-state index contributed by atoms with van der Waals surface area (Å²) in [6.07, 6.45) is 0.362. The van der Waals surface area contributed by atoms with Crippen molar-refractivity contribution in [3.8, 4) is 11.5 Å². The fourth-order valence-corrected chi connectivity index (χ4v) is 3.58. The van der Waals surface area contributed by atoms with Crippen LogP contribution in [0.25, 0.3) is 0 Å². The van der Waals surface area contributed by atoms with Gasteiger partial charge in [-0.1, -0.05) is 12.1 Å². The molecule has 2 amide bonds. The number of halogens is 2. The van der Waals surface area contributed by atoms with Crippen molar-refractivity contribution in [3.63, 3.8) is 0 Å². The molecule has 0 spiro atoms. The zero-order valence-corrected chi connectivity index (χ0v) is 15.9. The molecule has 1 saturated carbocycles. The van der Waals surface area contributed by atoms with Crippen LogP contribution in [-0.2, 0) is 4.79 Å². The highest BCUT2D eigenvalue weighted by atomic mass is 35.5. The van der Waals surface area contributed by atoms with Crippen LogP contribution >= 0.6 is 23.2 Å². The van der Waals surface area contributed by atoms with Gasteiger partial charge < -0.3 is 20.1 Å². The lowest BCUT2D eigenvalue weighted by Crippen LogP contribution is -2.27. The fourth-order valence-electron chi connectivity index (χ4n) is 2.87. The number of benzene rings is 2. The lowest BCUT2D eigenvalue weighted by Gasteiger charge is -2.15. The van der Waals surface area contributed by atoms with Crippen molar-refractivity contribution in [1.29, 1.82) is 0 Å². The maximum atomic E-state index is 12.7. The van der Waals surface area contributed by atoms with Crippen LogP contribution in [-0.4, -0.2) is 22.9 Å². The van der Waals surface area contributed by atoms with Gasteiger partial charge >= 0.3 is 0 Å². The van der Waals surface area contributed by atoms with Gasteiger partial charge in [-0.15, -0.1) is 23.2 Å². The molecule has 0 radical (unpaired) electrons. The lowest BCUT2D eigenvalue weighted by atomic mass is 10.1. The number of alkyl halides is 2. The van der Waals surface area contributed by atoms with Crippen LogP contribution in [0.5, 0.6) is 11.5 Å². The largest absolute Gasteiger partial charge is 0.454 e. The molecule has 1 fully saturated rings. The Balaban J connectivity index is 1.52. The van der Waals surface area contributed by atoms with E-state index in [1.165, 1.54) is 0 Å². The van der Waals surface area contributed by atoms with Gasteiger partial charge in [-0.3, -0.25) is 9.59 Å². The third kappa shape index (κ3) is 3.19. The van der Waals surface area contributed by atoms with Crippen LogP contribution in [0.1, 0.15) is 23.7 Å². The molecular formula is C19H16Cl2N2O4. The number of nitrogens with one attached hydrogen (secondary N) is 2. The monoisotopic (exact) mass is 406 g/mol. The highest BCUT2D eigenvalue weighted by Crippen LogP contribution is 2.64. The number of ether oxygens (including phenoxy) is 2. The Bertz CT molecular complexity index is 947. The molecule has 2 N–H and O–H groups in total. The van der Waals surface area contributed by atoms with E-state index in [-0.39, 0.29) is 18.6 Å². The van der Waals surface area contributed by atoms with E-state index >= 15 is 0 Å². The van der Waals surface area contributed by atoms with Gasteiger partial charge in [-0.25, -0.2) is 0 Å². The Morgan fingerprint density at radius 3 is 2.48 bits per heavy atom. The standard InChI is InChI=1S/C19H16Cl2N2O4/c1-18(9-19(18,20)21)17(25)23-13-5-3-2-4-12(13)16(24)22-11-6-7-14-15(8-11)27-10-26-14/h2-8H,9-10H2,1H3,(H,22,24)(H,23,25)/t18-/m0/s1. The van der Waals surface area contributed by atoms with Gasteiger partial charge in [0, 0.05) is 11.8 Å². The number of rotatable bonds is 4. The average Bonchev–Trinajstić information content (AvgIpc) is 2.96. The molecule has 2 aliphatic rings. The first kappa shape index (κ1) is 17.9. The molecule has 1 aliphatic carbocycles. The minimum absolute atomic E-state index is 0.156. The Labute approximate surface area is 165 Å². The number of carbonyl (C=O) groups is 2. The summed E-state index contributed by atoms with van der Waals surface area (Å²) in [4.78, 5) is 25.3. The van der Waals surface area contributed by atoms with Crippen LogP contribution in [0.3, 0.4) is 0 Å². The van der Waals surface area contributed by atoms with Crippen LogP contribution in [0, 0.1) is 5.41 Å². The average molecular weight is 407 g/mol. The van der Waals surface area contributed by atoms with E-state index in [9.17, 15) is 9.59 Å². The first-order chi connectivity index (χ1) is 12.8. The summed E-state index contributed by atoms with van der Waals surface area (Å²) < 4.78 is 9.49. The molecule has 2 aromatic rings. The summed E-state index contributed by atoms with van der Waals surface area (Å²) in [6, 6.07) is 11.9. The fraction of sp³-hybridized carbons (Fsp3) is 0.263. The molecule has 1 atom stereocenters. The molecule has 4 rings (SSSR count). The van der Waals surface area contributed by atoms with Crippen LogP contribution in [0.4, 0.5) is 11.4 Å². The molecule has 8 heteroatoms. The summed E-state index contributed by atoms with van der Waals surface area (Å²) in [7, 11) is 0. The number of carbonyl (C=O) groups excluding carboxylic acids is 2. The zero-order valence-electron chi connectivity index (χ0n) is 14.3. The van der Waals surface area contributed by atoms with Crippen molar-refractivity contribution in [3.05, 3.63) is 48.0 Å². The van der Waals surface area contributed by atoms with Gasteiger partial charge in [0.15, 0.2) is 11.5 Å². The van der Waals surface area contributed by atoms with E-state index in [1.807, 2.05) is 0 Å². The molecule has 140 valence electrons. The lowest BCUT2D eigenvalue weighted by molar-refractivity contribution is -0.120. The van der Waals surface area contributed by atoms with Crippen molar-refractivity contribution in [2.45, 2.75) is 17.7 Å². The summed E-state index contributed by atoms with van der Waals surface area (Å²) in [6.45, 7) is 1.85. The maximum Gasteiger partial charge on any atom is 0.257 e. The van der Waals surface area contributed by atoms with Crippen LogP contribution < -0.4 is 20.1 Å². The Morgan fingerprint density at radius 1 is 1.04 bits per heavy atom. The Kier molecular flexibility index (Phi) is 4.20. The van der Waals surface area contributed by atoms with Crippen molar-refractivity contribution in [2.24, 2.45) is 5.41 Å². The van der Waals surface area contributed by atoms with Crippen molar-refractivity contribution in [2.75, 3.05) is 17.4 Å². The van der Waals surface area contributed by atoms with E-state index in [4.69, 9.17) is 32.7 Å². The van der Waals surface area contributed by atoms with Gasteiger partial charge in [-0.05, 0) is 37.6 Å². The molecule has 0 unspecified atom stereocenters. The molecule has 0 bridgehead atoms. The van der Waals surface area contributed by atoms with E-state index in [0.717, 1.165) is 0 Å². The van der Waals surface area contributed by atoms with E-state index < -0.39 is 9.75 Å². The predicted molar refractivity (Wildman–Crippen MR) is 103 cm³/mol. The quantitative estimate of drug-likeness (QED) is 0.746. The maximum absolute atomic E-state index is 12.7. The molecule has 0 aromatic heterocycles. The number of fused-ring (bicyclic) bond motifs is 1. The molecule has 6 nitrogen and oxygen atoms in total. The summed E-state index contributed by atoms with van der Waals surface area (Å²) in [5.74, 6) is 0.505. The predicted octanol–water partition coefficient (Wildman–Crippen LogP) is 4.19. The zero-order chi connectivity index (χ0) is 19.2. The van der Waals surface area contributed by atoms with Crippen LogP contribution in [0.15, 0.2) is 42.5 Å². The number of amides is 2. The molecular weight excluding hydrogens is 391 g/mol. The minimum Gasteiger partial charge on any atom is -0.454 e. The molecule has 1 heterocycles. The van der Waals surface area contributed by atoms with E-state index in [1.54, 1.807) is 49.4 Å². The molecule has 1 aliphatic heterocycles. The normalized spacial score (nSPS) is 21.4. The molecule has 27 heavy (non-hydrogen) atoms. The minimum atomic E-state index is -1.08. The number of hydrogen-bond donors (Lipinski definition) is 2. The topological polar surface area (TPSA) is 76.7 Å². The van der Waals surface area contributed by atoms with Crippen LogP contribution in [0.2, 0.25) is 0 Å². The van der Waals surface area contributed by atoms with E-state index in [0.29, 0.717) is 34.9 Å². The second-order valence-corrected chi connectivity index (χ2v) is 8.22. The third-order valence-electron chi connectivity index (χ3n) is 4.81. The SMILES string of the molecule is C[C@@]1(C(=O)Nc2ccccc2C(=O)Nc2ccc3c(c2)OCO3)CC1(Cl)Cl. The van der Waals surface area contributed by atoms with Gasteiger partial charge in [0.1, 0.15) is 4.33 Å². The summed E-state index contributed by atoms with van der Waals surface area (Å²) >= 11 is 12.1. The second kappa shape index (κ2) is 6.32. The summed E-state index contributed by atoms with van der Waals surface area (Å²) in [5.41, 5.74) is 0.386. The van der Waals surface area contributed by atoms with E-state index in [2.05, 4.69) is 10.6 Å². The van der Waals surface area contributed by atoms with Gasteiger partial charge in [0.05, 0.1) is 16.7 Å². The van der Waals surface area contributed by atoms with Gasteiger partial charge in [0.25, 0.3) is 5.91 Å². The number of para-hydroxylation sites is 1. The first-order valence-corrected chi connectivity index (χ1v) is 9.05. The number of anilines is 2. The Morgan fingerprint density at radius 2 is 1.74 bits per heavy atom. The highest BCUT2D eigenvalue weighted by molar-refractivity contribution is 6.53. The highest BCUT2D eigenvalue weighted by Gasteiger charge is 2.67. The van der Waals surface area contributed by atoms with Gasteiger partial charge in [-0.2, -0.15) is 0 Å². The number of hydrogen-bond acceptors (Lipinski definition) is 4. The second-order valence-electron chi connectivity index (χ2n) is 6.74. The first-order valence-electron chi connectivity index (χ1n) is 8.29. The van der Waals surface area contributed by atoms with Gasteiger partial charge in [0.2, 0.25) is 12.7 Å². The molecule has 0 saturated heterocycles.